The Morgan fingerprint density at radius 3 is 2.58 bits per heavy atom. The summed E-state index contributed by atoms with van der Waals surface area (Å²) >= 11 is 8.34. The number of nitro groups is 1. The first-order valence-corrected chi connectivity index (χ1v) is 7.24. The van der Waals surface area contributed by atoms with Gasteiger partial charge in [-0.2, -0.15) is 18.3 Å². The molecule has 128 valence electrons. The van der Waals surface area contributed by atoms with Crippen LogP contribution in [0.25, 0.3) is 0 Å². The number of rotatable bonds is 3. The predicted octanol–water partition coefficient (Wildman–Crippen LogP) is 4.02. The van der Waals surface area contributed by atoms with E-state index in [0.717, 1.165) is 13.1 Å². The monoisotopic (exact) mass is 426 g/mol. The van der Waals surface area contributed by atoms with Crippen molar-refractivity contribution in [2.75, 3.05) is 5.32 Å². The molecule has 0 aliphatic heterocycles. The van der Waals surface area contributed by atoms with Gasteiger partial charge in [0, 0.05) is 18.1 Å². The molecule has 2 aromatic rings. The van der Waals surface area contributed by atoms with Crippen molar-refractivity contribution in [1.29, 1.82) is 0 Å². The average Bonchev–Trinajstić information content (AvgIpc) is 2.75. The summed E-state index contributed by atoms with van der Waals surface area (Å²) in [5.41, 5.74) is -2.44. The molecule has 1 amide bonds. The average molecular weight is 428 g/mol. The van der Waals surface area contributed by atoms with E-state index in [4.69, 9.17) is 11.6 Å². The highest BCUT2D eigenvalue weighted by atomic mass is 79.9. The fraction of sp³-hybridized carbons (Fsp3) is 0.167. The molecule has 1 N–H and O–H groups in total. The van der Waals surface area contributed by atoms with E-state index in [2.05, 4.69) is 26.3 Å². The van der Waals surface area contributed by atoms with Crippen LogP contribution in [0.1, 0.15) is 16.2 Å². The number of nitrogens with one attached hydrogen (secondary N) is 1. The Balaban J connectivity index is 2.41. The van der Waals surface area contributed by atoms with Crippen LogP contribution in [-0.2, 0) is 13.2 Å². The van der Waals surface area contributed by atoms with Crippen molar-refractivity contribution in [3.8, 4) is 0 Å². The molecule has 0 saturated heterocycles. The molecule has 12 heteroatoms. The van der Waals surface area contributed by atoms with Crippen LogP contribution in [0.5, 0.6) is 0 Å². The number of alkyl halides is 3. The summed E-state index contributed by atoms with van der Waals surface area (Å²) in [4.78, 5) is 22.3. The molecule has 7 nitrogen and oxygen atoms in total. The number of carbonyl (C=O) groups excluding carboxylic acids is 1. The number of hydrogen-bond acceptors (Lipinski definition) is 4. The molecule has 2 rings (SSSR count). The van der Waals surface area contributed by atoms with Crippen molar-refractivity contribution in [3.05, 3.63) is 49.2 Å². The van der Waals surface area contributed by atoms with E-state index in [0.29, 0.717) is 4.68 Å². The van der Waals surface area contributed by atoms with Gasteiger partial charge in [0.05, 0.1) is 9.40 Å². The summed E-state index contributed by atoms with van der Waals surface area (Å²) in [6.07, 6.45) is -4.73. The van der Waals surface area contributed by atoms with Crippen molar-refractivity contribution < 1.29 is 22.9 Å². The first-order chi connectivity index (χ1) is 11.0. The van der Waals surface area contributed by atoms with Gasteiger partial charge in [0.2, 0.25) is 0 Å². The van der Waals surface area contributed by atoms with Gasteiger partial charge in [-0.3, -0.25) is 19.6 Å². The van der Waals surface area contributed by atoms with Crippen molar-refractivity contribution in [3.63, 3.8) is 0 Å². The van der Waals surface area contributed by atoms with Crippen LogP contribution in [0.15, 0.2) is 22.7 Å². The highest BCUT2D eigenvalue weighted by Crippen LogP contribution is 2.36. The molecule has 0 radical (unpaired) electrons. The van der Waals surface area contributed by atoms with Crippen LogP contribution in [0.2, 0.25) is 5.02 Å². The number of anilines is 1. The number of benzene rings is 1. The number of halogens is 5. The second kappa shape index (κ2) is 6.40. The molecule has 1 heterocycles. The largest absolute Gasteiger partial charge is 0.434 e. The van der Waals surface area contributed by atoms with Crippen molar-refractivity contribution in [2.24, 2.45) is 7.05 Å². The third kappa shape index (κ3) is 3.51. The van der Waals surface area contributed by atoms with E-state index in [9.17, 15) is 28.1 Å². The Bertz CT molecular complexity index is 838. The third-order valence-electron chi connectivity index (χ3n) is 2.88. The zero-order chi connectivity index (χ0) is 18.2. The van der Waals surface area contributed by atoms with Gasteiger partial charge in [0.1, 0.15) is 5.69 Å². The highest BCUT2D eigenvalue weighted by molar-refractivity contribution is 9.10. The van der Waals surface area contributed by atoms with Crippen LogP contribution < -0.4 is 5.32 Å². The van der Waals surface area contributed by atoms with Gasteiger partial charge >= 0.3 is 6.18 Å². The van der Waals surface area contributed by atoms with Crippen LogP contribution in [0.3, 0.4) is 0 Å². The van der Waals surface area contributed by atoms with E-state index in [1.165, 1.54) is 12.1 Å². The van der Waals surface area contributed by atoms with Crippen molar-refractivity contribution in [2.45, 2.75) is 6.18 Å². The maximum Gasteiger partial charge on any atom is 0.434 e. The Kier molecular flexibility index (Phi) is 4.85. The Hall–Kier alpha value is -2.14. The summed E-state index contributed by atoms with van der Waals surface area (Å²) in [5.74, 6) is -1.04. The summed E-state index contributed by atoms with van der Waals surface area (Å²) in [5, 5.41) is 16.7. The second-order valence-corrected chi connectivity index (χ2v) is 5.73. The van der Waals surface area contributed by atoms with Crippen molar-refractivity contribution >= 4 is 44.8 Å². The zero-order valence-corrected chi connectivity index (χ0v) is 14.0. The molecule has 0 aliphatic rings. The van der Waals surface area contributed by atoms with Gasteiger partial charge < -0.3 is 5.32 Å². The lowest BCUT2D eigenvalue weighted by Crippen LogP contribution is -2.14. The molecule has 0 bridgehead atoms. The minimum absolute atomic E-state index is 0.0677. The molecule has 0 aliphatic carbocycles. The lowest BCUT2D eigenvalue weighted by Gasteiger charge is -2.06. The topological polar surface area (TPSA) is 90.1 Å². The number of carbonyl (C=O) groups is 1. The molecule has 0 unspecified atom stereocenters. The number of aryl methyl sites for hydroxylation is 1. The van der Waals surface area contributed by atoms with Crippen LogP contribution in [-0.4, -0.2) is 20.6 Å². The number of amides is 1. The van der Waals surface area contributed by atoms with Crippen molar-refractivity contribution in [1.82, 2.24) is 9.78 Å². The number of nitrogens with zero attached hydrogens (tertiary/aromatic N) is 3. The molecule has 24 heavy (non-hydrogen) atoms. The van der Waals surface area contributed by atoms with E-state index < -0.39 is 38.6 Å². The summed E-state index contributed by atoms with van der Waals surface area (Å²) in [6, 6.07) is 3.46. The lowest BCUT2D eigenvalue weighted by molar-refractivity contribution is -0.383. The molecule has 0 saturated carbocycles. The standard InChI is InChI=1S/C12H7BrClF3N4O3/c1-20-10(12(15,16)17)8(13)9(19-20)11(22)18-6-3-2-5(14)4-7(6)21(23)24/h2-4H,1H3,(H,18,22). The van der Waals surface area contributed by atoms with Gasteiger partial charge in [0.25, 0.3) is 11.6 Å². The summed E-state index contributed by atoms with van der Waals surface area (Å²) in [7, 11) is 1.02. The summed E-state index contributed by atoms with van der Waals surface area (Å²) < 4.78 is 38.6. The minimum Gasteiger partial charge on any atom is -0.315 e. The first-order valence-electron chi connectivity index (χ1n) is 6.07. The number of nitro benzene ring substituents is 1. The SMILES string of the molecule is Cn1nc(C(=O)Nc2ccc(Cl)cc2[N+](=O)[O-])c(Br)c1C(F)(F)F. The number of aromatic nitrogens is 2. The fourth-order valence-electron chi connectivity index (χ4n) is 1.89. The van der Waals surface area contributed by atoms with Gasteiger partial charge in [0.15, 0.2) is 11.4 Å². The van der Waals surface area contributed by atoms with E-state index in [-0.39, 0.29) is 10.7 Å². The molecule has 1 aromatic carbocycles. The van der Waals surface area contributed by atoms with Crippen LogP contribution >= 0.6 is 27.5 Å². The van der Waals surface area contributed by atoms with Gasteiger partial charge in [-0.25, -0.2) is 0 Å². The van der Waals surface area contributed by atoms with E-state index in [1.807, 2.05) is 0 Å². The van der Waals surface area contributed by atoms with Gasteiger partial charge in [-0.05, 0) is 28.1 Å². The maximum atomic E-state index is 12.9. The van der Waals surface area contributed by atoms with Gasteiger partial charge in [-0.1, -0.05) is 11.6 Å². The maximum absolute atomic E-state index is 12.9. The van der Waals surface area contributed by atoms with E-state index in [1.54, 1.807) is 0 Å². The molecule has 1 aromatic heterocycles. The molecular formula is C12H7BrClF3N4O3. The summed E-state index contributed by atoms with van der Waals surface area (Å²) in [6.45, 7) is 0. The third-order valence-corrected chi connectivity index (χ3v) is 3.86. The Labute approximate surface area is 145 Å². The Morgan fingerprint density at radius 2 is 2.08 bits per heavy atom. The zero-order valence-electron chi connectivity index (χ0n) is 11.7. The van der Waals surface area contributed by atoms with E-state index >= 15 is 0 Å². The Morgan fingerprint density at radius 1 is 1.46 bits per heavy atom. The smallest absolute Gasteiger partial charge is 0.315 e. The first kappa shape index (κ1) is 18.2. The number of hydrogen-bond donors (Lipinski definition) is 1. The normalized spacial score (nSPS) is 11.4. The quantitative estimate of drug-likeness (QED) is 0.592. The minimum atomic E-state index is -4.73. The predicted molar refractivity (Wildman–Crippen MR) is 82.0 cm³/mol. The van der Waals surface area contributed by atoms with Gasteiger partial charge in [-0.15, -0.1) is 0 Å². The molecule has 0 fully saturated rings. The molecule has 0 atom stereocenters. The van der Waals surface area contributed by atoms with Crippen LogP contribution in [0.4, 0.5) is 24.5 Å². The molecule has 0 spiro atoms. The lowest BCUT2D eigenvalue weighted by atomic mass is 10.2. The fourth-order valence-corrected chi connectivity index (χ4v) is 2.80. The highest BCUT2D eigenvalue weighted by Gasteiger charge is 2.39. The van der Waals surface area contributed by atoms with Crippen LogP contribution in [0, 0.1) is 10.1 Å². The molecular weight excluding hydrogens is 421 g/mol. The second-order valence-electron chi connectivity index (χ2n) is 4.51.